The number of hydrogen-bond acceptors (Lipinski definition) is 4. The van der Waals surface area contributed by atoms with Gasteiger partial charge in [-0.15, -0.1) is 0 Å². The van der Waals surface area contributed by atoms with Crippen LogP contribution in [0, 0.1) is 0 Å². The topological polar surface area (TPSA) is 27.7 Å². The highest BCUT2D eigenvalue weighted by molar-refractivity contribution is 7.95. The Kier molecular flexibility index (Phi) is 7.29. The number of thiocarbonyl (C=S) groups is 1. The molecule has 0 spiro atoms. The molecule has 0 aromatic heterocycles. The van der Waals surface area contributed by atoms with Gasteiger partial charge in [-0.05, 0) is 31.6 Å². The fourth-order valence-electron chi connectivity index (χ4n) is 1.15. The van der Waals surface area contributed by atoms with E-state index in [2.05, 4.69) is 0 Å². The van der Waals surface area contributed by atoms with Crippen LogP contribution in [-0.2, 0) is 20.4 Å². The maximum Gasteiger partial charge on any atom is 0.255 e. The van der Waals surface area contributed by atoms with Crippen molar-refractivity contribution in [3.8, 4) is 0 Å². The minimum atomic E-state index is -1.21. The van der Waals surface area contributed by atoms with Crippen molar-refractivity contribution in [2.24, 2.45) is 0 Å². The maximum absolute atomic E-state index is 5.51. The Labute approximate surface area is 109 Å². The summed E-state index contributed by atoms with van der Waals surface area (Å²) in [6, 6.07) is 9.89. The van der Waals surface area contributed by atoms with Gasteiger partial charge in [0.15, 0.2) is 0 Å². The normalized spacial score (nSPS) is 10.5. The molecule has 0 unspecified atom stereocenters. The SMILES string of the molecule is CCOP(OCC)C(=S)OCc1ccccc1. The summed E-state index contributed by atoms with van der Waals surface area (Å²) in [5.74, 6) is 0. The first-order chi connectivity index (χ1) is 8.27. The van der Waals surface area contributed by atoms with Crippen molar-refractivity contribution in [2.45, 2.75) is 20.5 Å². The summed E-state index contributed by atoms with van der Waals surface area (Å²) in [7, 11) is -1.21. The Morgan fingerprint density at radius 1 is 1.12 bits per heavy atom. The third kappa shape index (κ3) is 5.55. The zero-order chi connectivity index (χ0) is 12.5. The van der Waals surface area contributed by atoms with Crippen molar-refractivity contribution >= 4 is 25.4 Å². The molecule has 0 aliphatic heterocycles. The third-order valence-electron chi connectivity index (χ3n) is 1.85. The number of ether oxygens (including phenoxy) is 1. The lowest BCUT2D eigenvalue weighted by molar-refractivity contribution is 0.258. The molecule has 0 saturated carbocycles. The van der Waals surface area contributed by atoms with E-state index < -0.39 is 8.38 Å². The van der Waals surface area contributed by atoms with Crippen LogP contribution in [0.5, 0.6) is 0 Å². The van der Waals surface area contributed by atoms with Gasteiger partial charge >= 0.3 is 0 Å². The molecule has 1 aromatic carbocycles. The number of hydrogen-bond donors (Lipinski definition) is 0. The molecule has 3 nitrogen and oxygen atoms in total. The Hall–Kier alpha value is -0.540. The van der Waals surface area contributed by atoms with E-state index in [0.29, 0.717) is 24.6 Å². The van der Waals surface area contributed by atoms with Gasteiger partial charge in [0.1, 0.15) is 6.61 Å². The van der Waals surface area contributed by atoms with Gasteiger partial charge in [0, 0.05) is 0 Å². The smallest absolute Gasteiger partial charge is 0.255 e. The Morgan fingerprint density at radius 2 is 1.71 bits per heavy atom. The van der Waals surface area contributed by atoms with E-state index in [1.807, 2.05) is 44.2 Å². The maximum atomic E-state index is 5.51. The van der Waals surface area contributed by atoms with Gasteiger partial charge in [-0.2, -0.15) is 0 Å². The van der Waals surface area contributed by atoms with Crippen LogP contribution in [0.2, 0.25) is 0 Å². The van der Waals surface area contributed by atoms with Crippen molar-refractivity contribution in [1.82, 2.24) is 0 Å². The molecule has 0 heterocycles. The van der Waals surface area contributed by atoms with Crippen LogP contribution in [0.4, 0.5) is 0 Å². The highest BCUT2D eigenvalue weighted by atomic mass is 32.1. The Balaban J connectivity index is 2.41. The highest BCUT2D eigenvalue weighted by Crippen LogP contribution is 2.40. The van der Waals surface area contributed by atoms with Crippen molar-refractivity contribution in [3.63, 3.8) is 0 Å². The average molecular weight is 272 g/mol. The van der Waals surface area contributed by atoms with Crippen LogP contribution < -0.4 is 0 Å². The third-order valence-corrected chi connectivity index (χ3v) is 3.82. The fourth-order valence-corrected chi connectivity index (χ4v) is 2.45. The summed E-state index contributed by atoms with van der Waals surface area (Å²) in [5.41, 5.74) is 1.08. The average Bonchev–Trinajstić information content (AvgIpc) is 2.37. The molecule has 1 rings (SSSR count). The van der Waals surface area contributed by atoms with Crippen LogP contribution in [0.3, 0.4) is 0 Å². The first kappa shape index (κ1) is 14.5. The summed E-state index contributed by atoms with van der Waals surface area (Å²) in [6.45, 7) is 5.42. The van der Waals surface area contributed by atoms with E-state index in [1.165, 1.54) is 0 Å². The van der Waals surface area contributed by atoms with Crippen molar-refractivity contribution in [3.05, 3.63) is 35.9 Å². The predicted octanol–water partition coefficient (Wildman–Crippen LogP) is 3.87. The lowest BCUT2D eigenvalue weighted by Gasteiger charge is -2.16. The molecule has 0 radical (unpaired) electrons. The van der Waals surface area contributed by atoms with Gasteiger partial charge in [-0.3, -0.25) is 0 Å². The monoisotopic (exact) mass is 272 g/mol. The van der Waals surface area contributed by atoms with Crippen LogP contribution >= 0.6 is 20.6 Å². The summed E-state index contributed by atoms with van der Waals surface area (Å²) in [6.07, 6.45) is 0. The van der Waals surface area contributed by atoms with E-state index in [1.54, 1.807) is 0 Å². The quantitative estimate of drug-likeness (QED) is 0.556. The van der Waals surface area contributed by atoms with E-state index in [4.69, 9.17) is 26.0 Å². The van der Waals surface area contributed by atoms with Crippen LogP contribution in [0.1, 0.15) is 19.4 Å². The van der Waals surface area contributed by atoms with Crippen LogP contribution in [-0.4, -0.2) is 18.0 Å². The molecule has 0 atom stereocenters. The molecule has 0 aliphatic carbocycles. The van der Waals surface area contributed by atoms with Crippen LogP contribution in [0.25, 0.3) is 0 Å². The first-order valence-electron chi connectivity index (χ1n) is 5.54. The molecule has 0 aliphatic rings. The summed E-state index contributed by atoms with van der Waals surface area (Å²) >= 11 is 5.16. The van der Waals surface area contributed by atoms with Gasteiger partial charge in [-0.25, -0.2) is 0 Å². The molecule has 0 amide bonds. The summed E-state index contributed by atoms with van der Waals surface area (Å²) in [4.78, 5) is 0.410. The van der Waals surface area contributed by atoms with Gasteiger partial charge in [0.2, 0.25) is 4.79 Å². The van der Waals surface area contributed by atoms with E-state index in [9.17, 15) is 0 Å². The molecular formula is C12H17O3PS. The van der Waals surface area contributed by atoms with Crippen molar-refractivity contribution in [1.29, 1.82) is 0 Å². The van der Waals surface area contributed by atoms with E-state index in [-0.39, 0.29) is 0 Å². The van der Waals surface area contributed by atoms with Gasteiger partial charge in [0.05, 0.1) is 13.2 Å². The molecule has 5 heteroatoms. The largest absolute Gasteiger partial charge is 0.475 e. The highest BCUT2D eigenvalue weighted by Gasteiger charge is 2.17. The molecule has 1 aromatic rings. The molecular weight excluding hydrogens is 255 g/mol. The first-order valence-corrected chi connectivity index (χ1v) is 7.13. The minimum absolute atomic E-state index is 0.410. The Morgan fingerprint density at radius 3 is 2.24 bits per heavy atom. The molecule has 0 fully saturated rings. The lowest BCUT2D eigenvalue weighted by Crippen LogP contribution is -2.05. The van der Waals surface area contributed by atoms with Gasteiger partial charge in [-0.1, -0.05) is 30.3 Å². The molecule has 0 N–H and O–H groups in total. The second kappa shape index (κ2) is 8.54. The Bertz CT molecular complexity index is 326. The van der Waals surface area contributed by atoms with E-state index >= 15 is 0 Å². The zero-order valence-electron chi connectivity index (χ0n) is 10.1. The second-order valence-corrected chi connectivity index (χ2v) is 5.24. The van der Waals surface area contributed by atoms with Crippen molar-refractivity contribution < 1.29 is 13.8 Å². The standard InChI is InChI=1S/C12H17O3PS/c1-3-14-16(15-4-2)12(17)13-10-11-8-6-5-7-9-11/h5-9H,3-4,10H2,1-2H3. The van der Waals surface area contributed by atoms with E-state index in [0.717, 1.165) is 5.56 Å². The van der Waals surface area contributed by atoms with Gasteiger partial charge < -0.3 is 13.8 Å². The summed E-state index contributed by atoms with van der Waals surface area (Å²) < 4.78 is 16.3. The minimum Gasteiger partial charge on any atom is -0.475 e. The predicted molar refractivity (Wildman–Crippen MR) is 74.0 cm³/mol. The fraction of sp³-hybridized carbons (Fsp3) is 0.417. The molecule has 0 bridgehead atoms. The van der Waals surface area contributed by atoms with Crippen LogP contribution in [0.15, 0.2) is 30.3 Å². The molecule has 17 heavy (non-hydrogen) atoms. The number of benzene rings is 1. The molecule has 94 valence electrons. The number of rotatable bonds is 7. The molecule has 0 saturated heterocycles. The van der Waals surface area contributed by atoms with Crippen molar-refractivity contribution in [2.75, 3.05) is 13.2 Å². The zero-order valence-corrected chi connectivity index (χ0v) is 11.8. The summed E-state index contributed by atoms with van der Waals surface area (Å²) in [5, 5.41) is 0. The lowest BCUT2D eigenvalue weighted by atomic mass is 10.2. The van der Waals surface area contributed by atoms with Gasteiger partial charge in [0.25, 0.3) is 8.38 Å². The second-order valence-electron chi connectivity index (χ2n) is 3.13.